The third-order valence-electron chi connectivity index (χ3n) is 5.30. The zero-order valence-corrected chi connectivity index (χ0v) is 13.3. The lowest BCUT2D eigenvalue weighted by Crippen LogP contribution is -2.39. The van der Waals surface area contributed by atoms with Crippen molar-refractivity contribution in [1.29, 1.82) is 0 Å². The Balaban J connectivity index is 1.50. The second-order valence-corrected chi connectivity index (χ2v) is 6.91. The van der Waals surface area contributed by atoms with E-state index in [1.807, 2.05) is 23.1 Å². The fourth-order valence-corrected chi connectivity index (χ4v) is 3.65. The van der Waals surface area contributed by atoms with Crippen molar-refractivity contribution in [2.24, 2.45) is 11.8 Å². The number of likely N-dealkylation sites (tertiary alicyclic amines) is 1. The Hall–Kier alpha value is -2.17. The van der Waals surface area contributed by atoms with Crippen molar-refractivity contribution in [2.75, 3.05) is 13.1 Å². The highest BCUT2D eigenvalue weighted by Gasteiger charge is 2.42. The molecular weight excluding hydrogens is 290 g/mol. The average Bonchev–Trinajstić information content (AvgIpc) is 3.31. The van der Waals surface area contributed by atoms with Gasteiger partial charge in [0.25, 0.3) is 5.56 Å². The Labute approximate surface area is 134 Å². The molecule has 1 aliphatic heterocycles. The molecule has 0 aromatic carbocycles. The number of aromatic amines is 1. The minimum absolute atomic E-state index is 0.122. The minimum atomic E-state index is -0.122. The minimum Gasteiger partial charge on any atom is -0.342 e. The lowest BCUT2D eigenvalue weighted by molar-refractivity contribution is -0.133. The van der Waals surface area contributed by atoms with Gasteiger partial charge in [-0.2, -0.15) is 0 Å². The number of pyridine rings is 2. The van der Waals surface area contributed by atoms with Gasteiger partial charge in [0.1, 0.15) is 5.52 Å². The second-order valence-electron chi connectivity index (χ2n) is 6.91. The Morgan fingerprint density at radius 2 is 2.09 bits per heavy atom. The number of fused-ring (bicyclic) bond motifs is 1. The molecule has 120 valence electrons. The van der Waals surface area contributed by atoms with Gasteiger partial charge in [0.15, 0.2) is 0 Å². The molecular formula is C18H21N3O2. The molecule has 2 fully saturated rings. The van der Waals surface area contributed by atoms with Crippen LogP contribution < -0.4 is 5.56 Å². The van der Waals surface area contributed by atoms with E-state index in [0.29, 0.717) is 23.3 Å². The lowest BCUT2D eigenvalue weighted by Gasteiger charge is -2.32. The zero-order valence-electron chi connectivity index (χ0n) is 13.3. The van der Waals surface area contributed by atoms with Crippen LogP contribution in [0.25, 0.3) is 10.9 Å². The SMILES string of the molecule is CC1CC1C(=O)N1CCC(c2cc3cccnc3c(=O)[nH]2)CC1. The van der Waals surface area contributed by atoms with E-state index in [9.17, 15) is 9.59 Å². The highest BCUT2D eigenvalue weighted by atomic mass is 16.2. The molecule has 2 atom stereocenters. The number of hydrogen-bond donors (Lipinski definition) is 1. The topological polar surface area (TPSA) is 66.1 Å². The van der Waals surface area contributed by atoms with E-state index in [1.165, 1.54) is 0 Å². The molecule has 3 heterocycles. The van der Waals surface area contributed by atoms with Gasteiger partial charge in [0, 0.05) is 42.2 Å². The number of amides is 1. The van der Waals surface area contributed by atoms with E-state index < -0.39 is 0 Å². The molecule has 2 unspecified atom stereocenters. The molecule has 1 N–H and O–H groups in total. The van der Waals surface area contributed by atoms with Crippen molar-refractivity contribution in [1.82, 2.24) is 14.9 Å². The average molecular weight is 311 g/mol. The van der Waals surface area contributed by atoms with Crippen LogP contribution in [0, 0.1) is 11.8 Å². The van der Waals surface area contributed by atoms with E-state index in [4.69, 9.17) is 0 Å². The molecule has 0 spiro atoms. The van der Waals surface area contributed by atoms with Gasteiger partial charge in [-0.3, -0.25) is 14.6 Å². The van der Waals surface area contributed by atoms with Gasteiger partial charge in [-0.25, -0.2) is 0 Å². The van der Waals surface area contributed by atoms with E-state index in [-0.39, 0.29) is 11.5 Å². The van der Waals surface area contributed by atoms with Crippen LogP contribution in [0.1, 0.15) is 37.8 Å². The molecule has 23 heavy (non-hydrogen) atoms. The highest BCUT2D eigenvalue weighted by molar-refractivity contribution is 5.81. The third-order valence-corrected chi connectivity index (χ3v) is 5.30. The predicted molar refractivity (Wildman–Crippen MR) is 88.2 cm³/mol. The van der Waals surface area contributed by atoms with Crippen molar-refractivity contribution < 1.29 is 4.79 Å². The van der Waals surface area contributed by atoms with Crippen LogP contribution >= 0.6 is 0 Å². The van der Waals surface area contributed by atoms with Crippen molar-refractivity contribution in [3.63, 3.8) is 0 Å². The number of hydrogen-bond acceptors (Lipinski definition) is 3. The molecule has 2 aliphatic rings. The summed E-state index contributed by atoms with van der Waals surface area (Å²) in [6.45, 7) is 3.73. The molecule has 4 rings (SSSR count). The summed E-state index contributed by atoms with van der Waals surface area (Å²) in [7, 11) is 0. The Morgan fingerprint density at radius 1 is 1.35 bits per heavy atom. The van der Waals surface area contributed by atoms with Crippen LogP contribution in [0.2, 0.25) is 0 Å². The zero-order chi connectivity index (χ0) is 16.0. The fraction of sp³-hybridized carbons (Fsp3) is 0.500. The van der Waals surface area contributed by atoms with Gasteiger partial charge in [0.05, 0.1) is 0 Å². The smallest absolute Gasteiger partial charge is 0.274 e. The first-order valence-electron chi connectivity index (χ1n) is 8.40. The first-order chi connectivity index (χ1) is 11.1. The molecule has 5 nitrogen and oxygen atoms in total. The molecule has 2 aromatic rings. The summed E-state index contributed by atoms with van der Waals surface area (Å²) in [4.78, 5) is 33.6. The summed E-state index contributed by atoms with van der Waals surface area (Å²) in [6, 6.07) is 5.81. The van der Waals surface area contributed by atoms with Crippen LogP contribution in [0.15, 0.2) is 29.2 Å². The number of rotatable bonds is 2. The van der Waals surface area contributed by atoms with Gasteiger partial charge in [-0.05, 0) is 37.3 Å². The first-order valence-corrected chi connectivity index (χ1v) is 8.40. The van der Waals surface area contributed by atoms with Crippen LogP contribution in [0.4, 0.5) is 0 Å². The number of carbonyl (C=O) groups excluding carboxylic acids is 1. The first kappa shape index (κ1) is 14.4. The number of H-pyrrole nitrogens is 1. The molecule has 1 amide bonds. The van der Waals surface area contributed by atoms with Crippen molar-refractivity contribution >= 4 is 16.8 Å². The Bertz CT molecular complexity index is 805. The van der Waals surface area contributed by atoms with Crippen LogP contribution in [-0.2, 0) is 4.79 Å². The van der Waals surface area contributed by atoms with Gasteiger partial charge in [-0.1, -0.05) is 13.0 Å². The number of carbonyl (C=O) groups is 1. The van der Waals surface area contributed by atoms with Crippen molar-refractivity contribution in [3.8, 4) is 0 Å². The predicted octanol–water partition coefficient (Wildman–Crippen LogP) is 2.29. The highest BCUT2D eigenvalue weighted by Crippen LogP contribution is 2.40. The van der Waals surface area contributed by atoms with Crippen molar-refractivity contribution in [2.45, 2.75) is 32.1 Å². The summed E-state index contributed by atoms with van der Waals surface area (Å²) >= 11 is 0. The molecule has 1 aliphatic carbocycles. The normalized spacial score (nSPS) is 24.8. The second kappa shape index (κ2) is 5.48. The molecule has 2 aromatic heterocycles. The molecule has 5 heteroatoms. The summed E-state index contributed by atoms with van der Waals surface area (Å²) in [5.74, 6) is 1.46. The van der Waals surface area contributed by atoms with E-state index in [1.54, 1.807) is 6.20 Å². The summed E-state index contributed by atoms with van der Waals surface area (Å²) in [5.41, 5.74) is 1.34. The Morgan fingerprint density at radius 3 is 2.78 bits per heavy atom. The number of piperidine rings is 1. The molecule has 0 bridgehead atoms. The van der Waals surface area contributed by atoms with Gasteiger partial charge < -0.3 is 9.88 Å². The van der Waals surface area contributed by atoms with Crippen molar-refractivity contribution in [3.05, 3.63) is 40.4 Å². The summed E-state index contributed by atoms with van der Waals surface area (Å²) in [6.07, 6.45) is 4.51. The van der Waals surface area contributed by atoms with E-state index in [2.05, 4.69) is 16.9 Å². The monoisotopic (exact) mass is 311 g/mol. The maximum Gasteiger partial charge on any atom is 0.274 e. The van der Waals surface area contributed by atoms with Crippen LogP contribution in [0.5, 0.6) is 0 Å². The van der Waals surface area contributed by atoms with Gasteiger partial charge in [0.2, 0.25) is 5.91 Å². The summed E-state index contributed by atoms with van der Waals surface area (Å²) in [5, 5.41) is 0.886. The molecule has 0 radical (unpaired) electrons. The maximum atomic E-state index is 12.3. The fourth-order valence-electron chi connectivity index (χ4n) is 3.65. The number of aromatic nitrogens is 2. The maximum absolute atomic E-state index is 12.3. The van der Waals surface area contributed by atoms with Gasteiger partial charge in [-0.15, -0.1) is 0 Å². The number of nitrogens with zero attached hydrogens (tertiary/aromatic N) is 2. The van der Waals surface area contributed by atoms with Crippen LogP contribution in [0.3, 0.4) is 0 Å². The van der Waals surface area contributed by atoms with E-state index in [0.717, 1.165) is 43.4 Å². The Kier molecular flexibility index (Phi) is 3.43. The van der Waals surface area contributed by atoms with Crippen LogP contribution in [-0.4, -0.2) is 33.9 Å². The third kappa shape index (κ3) is 2.64. The quantitative estimate of drug-likeness (QED) is 0.925. The van der Waals surface area contributed by atoms with Gasteiger partial charge >= 0.3 is 0 Å². The molecule has 1 saturated heterocycles. The summed E-state index contributed by atoms with van der Waals surface area (Å²) < 4.78 is 0. The van der Waals surface area contributed by atoms with E-state index >= 15 is 0 Å². The largest absolute Gasteiger partial charge is 0.342 e. The lowest BCUT2D eigenvalue weighted by atomic mass is 9.92. The number of nitrogens with one attached hydrogen (secondary N) is 1. The standard InChI is InChI=1S/C18H21N3O2/c1-11-9-14(11)18(23)21-7-4-12(5-8-21)15-10-13-3-2-6-19-16(13)17(22)20-15/h2-3,6,10-12,14H,4-5,7-9H2,1H3,(H,20,22). The molecule has 1 saturated carbocycles.